The summed E-state index contributed by atoms with van der Waals surface area (Å²) in [7, 11) is 0. The summed E-state index contributed by atoms with van der Waals surface area (Å²) in [6.45, 7) is 2.03. The van der Waals surface area contributed by atoms with Gasteiger partial charge in [0.25, 0.3) is 0 Å². The van der Waals surface area contributed by atoms with E-state index >= 15 is 0 Å². The number of H-pyrrole nitrogens is 1. The Kier molecular flexibility index (Phi) is 1.58. The molecule has 1 heterocycles. The molecular formula is C8H8BrN3. The van der Waals surface area contributed by atoms with E-state index in [2.05, 4.69) is 26.1 Å². The Bertz CT molecular complexity index is 433. The van der Waals surface area contributed by atoms with Crippen molar-refractivity contribution in [1.29, 1.82) is 0 Å². The van der Waals surface area contributed by atoms with Crippen molar-refractivity contribution in [2.75, 3.05) is 5.73 Å². The number of aryl methyl sites for hydroxylation is 1. The highest BCUT2D eigenvalue weighted by molar-refractivity contribution is 9.10. The predicted molar refractivity (Wildman–Crippen MR) is 52.9 cm³/mol. The molecule has 0 aliphatic heterocycles. The first-order valence-corrected chi connectivity index (χ1v) is 4.38. The average Bonchev–Trinajstić information content (AvgIpc) is 2.41. The van der Waals surface area contributed by atoms with Crippen molar-refractivity contribution in [2.24, 2.45) is 0 Å². The number of aromatic amines is 1. The van der Waals surface area contributed by atoms with Crippen molar-refractivity contribution in [2.45, 2.75) is 6.92 Å². The number of aromatic nitrogens is 2. The van der Waals surface area contributed by atoms with E-state index in [9.17, 15) is 0 Å². The van der Waals surface area contributed by atoms with Crippen LogP contribution in [0.25, 0.3) is 10.9 Å². The zero-order valence-electron chi connectivity index (χ0n) is 6.56. The first-order valence-electron chi connectivity index (χ1n) is 3.59. The van der Waals surface area contributed by atoms with Crippen LogP contribution in [0.2, 0.25) is 0 Å². The second-order valence-electron chi connectivity index (χ2n) is 2.73. The normalized spacial score (nSPS) is 10.8. The van der Waals surface area contributed by atoms with Crippen LogP contribution in [0, 0.1) is 6.92 Å². The average molecular weight is 226 g/mol. The number of fused-ring (bicyclic) bond motifs is 1. The van der Waals surface area contributed by atoms with Crippen molar-refractivity contribution in [3.63, 3.8) is 0 Å². The molecule has 3 N–H and O–H groups in total. The molecule has 4 heteroatoms. The zero-order chi connectivity index (χ0) is 8.72. The summed E-state index contributed by atoms with van der Waals surface area (Å²) in [5.74, 6) is 0.547. The van der Waals surface area contributed by atoms with E-state index in [1.807, 2.05) is 19.1 Å². The van der Waals surface area contributed by atoms with Crippen LogP contribution in [0.1, 0.15) is 5.56 Å². The third-order valence-corrected chi connectivity index (χ3v) is 2.92. The maximum absolute atomic E-state index is 5.63. The van der Waals surface area contributed by atoms with E-state index in [1.54, 1.807) is 0 Å². The van der Waals surface area contributed by atoms with Crippen molar-refractivity contribution < 1.29 is 0 Å². The Morgan fingerprint density at radius 3 is 3.00 bits per heavy atom. The Morgan fingerprint density at radius 2 is 2.25 bits per heavy atom. The Labute approximate surface area is 78.1 Å². The fourth-order valence-corrected chi connectivity index (χ4v) is 1.61. The molecule has 12 heavy (non-hydrogen) atoms. The number of nitrogens with two attached hydrogens (primary N) is 1. The number of halogens is 1. The maximum Gasteiger partial charge on any atom is 0.153 e. The Morgan fingerprint density at radius 1 is 1.50 bits per heavy atom. The lowest BCUT2D eigenvalue weighted by Gasteiger charge is -1.97. The summed E-state index contributed by atoms with van der Waals surface area (Å²) in [5.41, 5.74) is 7.77. The molecule has 62 valence electrons. The van der Waals surface area contributed by atoms with E-state index in [0.717, 1.165) is 15.4 Å². The van der Waals surface area contributed by atoms with Crippen molar-refractivity contribution in [3.05, 3.63) is 22.2 Å². The molecule has 0 aliphatic rings. The van der Waals surface area contributed by atoms with Crippen molar-refractivity contribution in [3.8, 4) is 0 Å². The summed E-state index contributed by atoms with van der Waals surface area (Å²) in [6.07, 6.45) is 0. The number of rotatable bonds is 0. The second-order valence-corrected chi connectivity index (χ2v) is 3.52. The van der Waals surface area contributed by atoms with Crippen LogP contribution >= 0.6 is 15.9 Å². The standard InChI is InChI=1S/C8H8BrN3/c1-4-2-3-5-7(6(4)9)11-12-8(5)10/h2-3H,1H3,(H3,10,11,12). The summed E-state index contributed by atoms with van der Waals surface area (Å²) < 4.78 is 1.03. The number of anilines is 1. The van der Waals surface area contributed by atoms with Crippen molar-refractivity contribution in [1.82, 2.24) is 10.2 Å². The molecule has 3 nitrogen and oxygen atoms in total. The SMILES string of the molecule is Cc1ccc2c(N)n[nH]c2c1Br. The molecular weight excluding hydrogens is 218 g/mol. The molecule has 0 saturated carbocycles. The number of nitrogens with zero attached hydrogens (tertiary/aromatic N) is 1. The van der Waals surface area contributed by atoms with E-state index in [1.165, 1.54) is 5.56 Å². The van der Waals surface area contributed by atoms with Crippen LogP contribution in [0.5, 0.6) is 0 Å². The van der Waals surface area contributed by atoms with Gasteiger partial charge in [0.2, 0.25) is 0 Å². The number of nitrogen functional groups attached to an aromatic ring is 1. The highest BCUT2D eigenvalue weighted by Gasteiger charge is 2.06. The van der Waals surface area contributed by atoms with Gasteiger partial charge in [0, 0.05) is 9.86 Å². The molecule has 0 radical (unpaired) electrons. The molecule has 0 fully saturated rings. The highest BCUT2D eigenvalue weighted by Crippen LogP contribution is 2.28. The van der Waals surface area contributed by atoms with Gasteiger partial charge in [0.05, 0.1) is 5.52 Å². The minimum Gasteiger partial charge on any atom is -0.382 e. The van der Waals surface area contributed by atoms with Gasteiger partial charge in [-0.3, -0.25) is 5.10 Å². The Balaban J connectivity index is 2.93. The topological polar surface area (TPSA) is 54.7 Å². The minimum absolute atomic E-state index is 0.547. The van der Waals surface area contributed by atoms with E-state index in [4.69, 9.17) is 5.73 Å². The lowest BCUT2D eigenvalue weighted by Crippen LogP contribution is -1.83. The van der Waals surface area contributed by atoms with E-state index in [-0.39, 0.29) is 0 Å². The molecule has 2 rings (SSSR count). The summed E-state index contributed by atoms with van der Waals surface area (Å²) in [5, 5.41) is 7.76. The minimum atomic E-state index is 0.547. The number of benzene rings is 1. The van der Waals surface area contributed by atoms with Gasteiger partial charge in [-0.05, 0) is 34.5 Å². The van der Waals surface area contributed by atoms with E-state index in [0.29, 0.717) is 5.82 Å². The first kappa shape index (κ1) is 7.61. The smallest absolute Gasteiger partial charge is 0.153 e. The van der Waals surface area contributed by atoms with Gasteiger partial charge in [-0.1, -0.05) is 6.07 Å². The summed E-state index contributed by atoms with van der Waals surface area (Å²) in [4.78, 5) is 0. The summed E-state index contributed by atoms with van der Waals surface area (Å²) >= 11 is 3.47. The van der Waals surface area contributed by atoms with E-state index < -0.39 is 0 Å². The molecule has 0 saturated heterocycles. The van der Waals surface area contributed by atoms with Crippen LogP contribution in [0.4, 0.5) is 5.82 Å². The van der Waals surface area contributed by atoms with Gasteiger partial charge in [0.1, 0.15) is 0 Å². The van der Waals surface area contributed by atoms with Gasteiger partial charge < -0.3 is 5.73 Å². The highest BCUT2D eigenvalue weighted by atomic mass is 79.9. The third-order valence-electron chi connectivity index (χ3n) is 1.90. The molecule has 2 aromatic rings. The molecule has 0 unspecified atom stereocenters. The van der Waals surface area contributed by atoms with Crippen LogP contribution < -0.4 is 5.73 Å². The van der Waals surface area contributed by atoms with Crippen LogP contribution in [0.3, 0.4) is 0 Å². The second kappa shape index (κ2) is 2.48. The monoisotopic (exact) mass is 225 g/mol. The van der Waals surface area contributed by atoms with Gasteiger partial charge >= 0.3 is 0 Å². The number of hydrogen-bond donors (Lipinski definition) is 2. The molecule has 0 bridgehead atoms. The number of hydrogen-bond acceptors (Lipinski definition) is 2. The number of nitrogens with one attached hydrogen (secondary N) is 1. The van der Waals surface area contributed by atoms with Crippen LogP contribution in [-0.2, 0) is 0 Å². The fourth-order valence-electron chi connectivity index (χ4n) is 1.18. The molecule has 0 amide bonds. The molecule has 1 aromatic carbocycles. The largest absolute Gasteiger partial charge is 0.382 e. The lowest BCUT2D eigenvalue weighted by atomic mass is 10.2. The predicted octanol–water partition coefficient (Wildman–Crippen LogP) is 2.22. The third kappa shape index (κ3) is 0.914. The van der Waals surface area contributed by atoms with Gasteiger partial charge in [-0.2, -0.15) is 5.10 Å². The summed E-state index contributed by atoms with van der Waals surface area (Å²) in [6, 6.07) is 3.98. The zero-order valence-corrected chi connectivity index (χ0v) is 8.14. The van der Waals surface area contributed by atoms with Crippen LogP contribution in [-0.4, -0.2) is 10.2 Å². The fraction of sp³-hybridized carbons (Fsp3) is 0.125. The molecule has 0 aliphatic carbocycles. The van der Waals surface area contributed by atoms with Gasteiger partial charge in [-0.25, -0.2) is 0 Å². The molecule has 0 spiro atoms. The van der Waals surface area contributed by atoms with Gasteiger partial charge in [-0.15, -0.1) is 0 Å². The molecule has 0 atom stereocenters. The maximum atomic E-state index is 5.63. The van der Waals surface area contributed by atoms with Crippen LogP contribution in [0.15, 0.2) is 16.6 Å². The quantitative estimate of drug-likeness (QED) is 0.723. The van der Waals surface area contributed by atoms with Crippen molar-refractivity contribution >= 4 is 32.7 Å². The lowest BCUT2D eigenvalue weighted by molar-refractivity contribution is 1.12. The van der Waals surface area contributed by atoms with Gasteiger partial charge in [0.15, 0.2) is 5.82 Å². The first-order chi connectivity index (χ1) is 5.70. The molecule has 1 aromatic heterocycles. The Hall–Kier alpha value is -1.03.